The maximum Gasteiger partial charge on any atom is 0.134 e. The largest absolute Gasteiger partial charge is 0.323 e. The van der Waals surface area contributed by atoms with Crippen LogP contribution in [0.25, 0.3) is 0 Å². The van der Waals surface area contributed by atoms with Crippen molar-refractivity contribution in [2.75, 3.05) is 0 Å². The maximum absolute atomic E-state index is 12.4. The van der Waals surface area contributed by atoms with Crippen LogP contribution >= 0.6 is 11.3 Å². The lowest BCUT2D eigenvalue weighted by Crippen LogP contribution is -2.05. The van der Waals surface area contributed by atoms with Gasteiger partial charge >= 0.3 is 0 Å². The summed E-state index contributed by atoms with van der Waals surface area (Å²) in [6, 6.07) is 1.51. The van der Waals surface area contributed by atoms with Gasteiger partial charge in [0.2, 0.25) is 0 Å². The van der Waals surface area contributed by atoms with E-state index in [1.54, 1.807) is 0 Å². The Hall–Kier alpha value is -0.410. The molecule has 1 aromatic rings. The van der Waals surface area contributed by atoms with E-state index >= 15 is 0 Å². The summed E-state index contributed by atoms with van der Waals surface area (Å²) in [5.74, 6) is -0.177. The van der Waals surface area contributed by atoms with Crippen LogP contribution in [-0.2, 0) is 0 Å². The first-order valence-electron chi connectivity index (χ1n) is 3.23. The molecule has 1 atom stereocenters. The van der Waals surface area contributed by atoms with E-state index in [9.17, 15) is 4.39 Å². The van der Waals surface area contributed by atoms with Gasteiger partial charge in [0, 0.05) is 16.3 Å². The summed E-state index contributed by atoms with van der Waals surface area (Å²) in [6.07, 6.45) is 0.861. The van der Waals surface area contributed by atoms with Crippen LogP contribution in [0.4, 0.5) is 4.39 Å². The highest BCUT2D eigenvalue weighted by atomic mass is 32.1. The standard InChI is InChI=1S/C7H10FNS/c1-2-6(9)7-3-5(8)4-10-7/h3-4,6H,2,9H2,1H3. The molecule has 0 spiro atoms. The normalized spacial score (nSPS) is 13.5. The van der Waals surface area contributed by atoms with Gasteiger partial charge in [-0.3, -0.25) is 0 Å². The van der Waals surface area contributed by atoms with Crippen LogP contribution in [0.1, 0.15) is 24.3 Å². The van der Waals surface area contributed by atoms with Crippen LogP contribution in [0.3, 0.4) is 0 Å². The van der Waals surface area contributed by atoms with Gasteiger partial charge in [0.25, 0.3) is 0 Å². The molecule has 0 aromatic carbocycles. The van der Waals surface area contributed by atoms with Crippen LogP contribution in [0.5, 0.6) is 0 Å². The fraction of sp³-hybridized carbons (Fsp3) is 0.429. The Bertz CT molecular complexity index is 209. The molecule has 0 bridgehead atoms. The highest BCUT2D eigenvalue weighted by Crippen LogP contribution is 2.21. The van der Waals surface area contributed by atoms with E-state index in [2.05, 4.69) is 0 Å². The number of hydrogen-bond donors (Lipinski definition) is 1. The Morgan fingerprint density at radius 3 is 2.90 bits per heavy atom. The van der Waals surface area contributed by atoms with E-state index in [1.165, 1.54) is 22.8 Å². The van der Waals surface area contributed by atoms with Gasteiger partial charge in [-0.2, -0.15) is 0 Å². The van der Waals surface area contributed by atoms with Crippen molar-refractivity contribution in [1.82, 2.24) is 0 Å². The molecular weight excluding hydrogens is 149 g/mol. The van der Waals surface area contributed by atoms with Gasteiger partial charge in [-0.15, -0.1) is 11.3 Å². The van der Waals surface area contributed by atoms with E-state index in [0.29, 0.717) is 0 Å². The molecule has 1 rings (SSSR count). The smallest absolute Gasteiger partial charge is 0.134 e. The molecule has 0 aliphatic carbocycles. The van der Waals surface area contributed by atoms with Crippen molar-refractivity contribution in [1.29, 1.82) is 0 Å². The van der Waals surface area contributed by atoms with Gasteiger partial charge in [0.1, 0.15) is 5.82 Å². The second-order valence-corrected chi connectivity index (χ2v) is 3.12. The fourth-order valence-electron chi connectivity index (χ4n) is 0.724. The summed E-state index contributed by atoms with van der Waals surface area (Å²) in [5.41, 5.74) is 5.65. The number of rotatable bonds is 2. The topological polar surface area (TPSA) is 26.0 Å². The first kappa shape index (κ1) is 7.69. The first-order valence-corrected chi connectivity index (χ1v) is 4.11. The molecule has 56 valence electrons. The highest BCUT2D eigenvalue weighted by molar-refractivity contribution is 7.10. The zero-order valence-electron chi connectivity index (χ0n) is 5.80. The Morgan fingerprint density at radius 2 is 2.50 bits per heavy atom. The van der Waals surface area contributed by atoms with Crippen molar-refractivity contribution in [3.63, 3.8) is 0 Å². The molecule has 0 saturated heterocycles. The zero-order valence-corrected chi connectivity index (χ0v) is 6.62. The molecule has 0 aliphatic heterocycles. The minimum atomic E-state index is -0.177. The third kappa shape index (κ3) is 1.55. The Labute approximate surface area is 63.7 Å². The molecule has 0 fully saturated rings. The SMILES string of the molecule is CCC(N)c1cc(F)cs1. The average Bonchev–Trinajstić information content (AvgIpc) is 2.34. The zero-order chi connectivity index (χ0) is 7.56. The minimum absolute atomic E-state index is 0.00880. The summed E-state index contributed by atoms with van der Waals surface area (Å²) in [5, 5.41) is 1.48. The number of hydrogen-bond acceptors (Lipinski definition) is 2. The first-order chi connectivity index (χ1) is 4.74. The molecule has 1 aromatic heterocycles. The molecule has 1 nitrogen and oxygen atoms in total. The van der Waals surface area contributed by atoms with Gasteiger partial charge in [-0.1, -0.05) is 6.92 Å². The average molecular weight is 159 g/mol. The van der Waals surface area contributed by atoms with Gasteiger partial charge in [-0.25, -0.2) is 4.39 Å². The van der Waals surface area contributed by atoms with Crippen molar-refractivity contribution in [2.45, 2.75) is 19.4 Å². The van der Waals surface area contributed by atoms with Crippen molar-refractivity contribution >= 4 is 11.3 Å². The molecule has 10 heavy (non-hydrogen) atoms. The quantitative estimate of drug-likeness (QED) is 0.704. The number of nitrogens with two attached hydrogens (primary N) is 1. The minimum Gasteiger partial charge on any atom is -0.323 e. The van der Waals surface area contributed by atoms with Crippen LogP contribution in [0.15, 0.2) is 11.4 Å². The van der Waals surface area contributed by atoms with Gasteiger partial charge < -0.3 is 5.73 Å². The van der Waals surface area contributed by atoms with Crippen molar-refractivity contribution < 1.29 is 4.39 Å². The van der Waals surface area contributed by atoms with E-state index in [0.717, 1.165) is 11.3 Å². The van der Waals surface area contributed by atoms with E-state index < -0.39 is 0 Å². The lowest BCUT2D eigenvalue weighted by atomic mass is 10.2. The monoisotopic (exact) mass is 159 g/mol. The molecule has 2 N–H and O–H groups in total. The fourth-order valence-corrected chi connectivity index (χ4v) is 1.56. The molecule has 1 heterocycles. The second kappa shape index (κ2) is 3.12. The van der Waals surface area contributed by atoms with Crippen LogP contribution in [-0.4, -0.2) is 0 Å². The molecule has 1 unspecified atom stereocenters. The van der Waals surface area contributed by atoms with Gasteiger partial charge in [0.05, 0.1) is 0 Å². The van der Waals surface area contributed by atoms with E-state index in [-0.39, 0.29) is 11.9 Å². The predicted octanol–water partition coefficient (Wildman–Crippen LogP) is 2.30. The summed E-state index contributed by atoms with van der Waals surface area (Å²) in [6.45, 7) is 1.99. The Kier molecular flexibility index (Phi) is 2.40. The summed E-state index contributed by atoms with van der Waals surface area (Å²) >= 11 is 1.38. The predicted molar refractivity (Wildman–Crippen MR) is 41.5 cm³/mol. The molecular formula is C7H10FNS. The van der Waals surface area contributed by atoms with Crippen LogP contribution in [0.2, 0.25) is 0 Å². The lowest BCUT2D eigenvalue weighted by Gasteiger charge is -2.02. The third-order valence-corrected chi connectivity index (χ3v) is 2.43. The second-order valence-electron chi connectivity index (χ2n) is 2.18. The van der Waals surface area contributed by atoms with Crippen molar-refractivity contribution in [3.8, 4) is 0 Å². The number of halogens is 1. The Morgan fingerprint density at radius 1 is 1.80 bits per heavy atom. The molecule has 3 heteroatoms. The van der Waals surface area contributed by atoms with E-state index in [1.807, 2.05) is 6.92 Å². The highest BCUT2D eigenvalue weighted by Gasteiger charge is 2.05. The number of thiophene rings is 1. The Balaban J connectivity index is 2.74. The van der Waals surface area contributed by atoms with Crippen LogP contribution in [0, 0.1) is 5.82 Å². The maximum atomic E-state index is 12.4. The van der Waals surface area contributed by atoms with Crippen molar-refractivity contribution in [3.05, 3.63) is 22.1 Å². The molecule has 0 amide bonds. The van der Waals surface area contributed by atoms with Crippen molar-refractivity contribution in [2.24, 2.45) is 5.73 Å². The third-order valence-electron chi connectivity index (χ3n) is 1.39. The van der Waals surface area contributed by atoms with Gasteiger partial charge in [-0.05, 0) is 12.5 Å². The van der Waals surface area contributed by atoms with E-state index in [4.69, 9.17) is 5.73 Å². The lowest BCUT2D eigenvalue weighted by molar-refractivity contribution is 0.627. The van der Waals surface area contributed by atoms with Gasteiger partial charge in [0.15, 0.2) is 0 Å². The van der Waals surface area contributed by atoms with Crippen LogP contribution < -0.4 is 5.73 Å². The summed E-state index contributed by atoms with van der Waals surface area (Å²) < 4.78 is 12.4. The molecule has 0 aliphatic rings. The molecule has 0 radical (unpaired) electrons. The summed E-state index contributed by atoms with van der Waals surface area (Å²) in [7, 11) is 0. The molecule has 0 saturated carbocycles. The summed E-state index contributed by atoms with van der Waals surface area (Å²) in [4.78, 5) is 0.931.